The molecule has 6 nitrogen and oxygen atoms in total. The molecule has 0 radical (unpaired) electrons. The molecule has 1 aromatic carbocycles. The van der Waals surface area contributed by atoms with E-state index in [4.69, 9.17) is 11.6 Å². The highest BCUT2D eigenvalue weighted by atomic mass is 35.5. The number of fused-ring (bicyclic) bond motifs is 1. The van der Waals surface area contributed by atoms with Gasteiger partial charge >= 0.3 is 11.6 Å². The second-order valence-corrected chi connectivity index (χ2v) is 7.87. The van der Waals surface area contributed by atoms with Crippen LogP contribution in [0, 0.1) is 0 Å². The Labute approximate surface area is 173 Å². The number of amides is 1. The summed E-state index contributed by atoms with van der Waals surface area (Å²) >= 11 is 5.88. The van der Waals surface area contributed by atoms with E-state index < -0.39 is 12.0 Å². The monoisotopic (exact) mass is 412 g/mol. The number of benzene rings is 1. The Morgan fingerprint density at radius 1 is 1.21 bits per heavy atom. The number of nitrogens with one attached hydrogen (secondary N) is 1. The quantitative estimate of drug-likeness (QED) is 0.349. The van der Waals surface area contributed by atoms with Gasteiger partial charge in [0.15, 0.2) is 0 Å². The number of hydrogen-bond donors (Lipinski definition) is 3. The maximum Gasteiger partial charge on any atom is 0.322 e. The van der Waals surface area contributed by atoms with Gasteiger partial charge in [0.25, 0.3) is 5.52 Å². The molecular formula is C22H23ClN3O3+. The van der Waals surface area contributed by atoms with E-state index in [0.717, 1.165) is 40.5 Å². The van der Waals surface area contributed by atoms with Crippen molar-refractivity contribution in [3.63, 3.8) is 0 Å². The van der Waals surface area contributed by atoms with Crippen LogP contribution in [0.2, 0.25) is 5.15 Å². The van der Waals surface area contributed by atoms with Crippen molar-refractivity contribution in [1.82, 2.24) is 10.3 Å². The van der Waals surface area contributed by atoms with E-state index in [1.54, 1.807) is 24.4 Å². The Morgan fingerprint density at radius 3 is 2.76 bits per heavy atom. The molecule has 29 heavy (non-hydrogen) atoms. The van der Waals surface area contributed by atoms with Crippen molar-refractivity contribution in [3.8, 4) is 0 Å². The molecule has 3 aromatic rings. The van der Waals surface area contributed by atoms with Gasteiger partial charge in [-0.1, -0.05) is 42.6 Å². The first-order valence-electron chi connectivity index (χ1n) is 9.78. The predicted molar refractivity (Wildman–Crippen MR) is 109 cm³/mol. The zero-order chi connectivity index (χ0) is 20.4. The summed E-state index contributed by atoms with van der Waals surface area (Å²) in [6, 6.07) is 12.4. The lowest BCUT2D eigenvalue weighted by atomic mass is 9.92. The first kappa shape index (κ1) is 19.6. The van der Waals surface area contributed by atoms with Crippen LogP contribution in [-0.4, -0.2) is 33.4 Å². The van der Waals surface area contributed by atoms with Crippen molar-refractivity contribution in [2.24, 2.45) is 0 Å². The molecule has 0 saturated heterocycles. The number of aromatic nitrogens is 2. The summed E-state index contributed by atoms with van der Waals surface area (Å²) in [5.41, 5.74) is 2.52. The summed E-state index contributed by atoms with van der Waals surface area (Å²) in [4.78, 5) is 17.1. The van der Waals surface area contributed by atoms with E-state index in [9.17, 15) is 15.1 Å². The molecule has 7 heteroatoms. The number of carbonyl (C=O) groups excluding carboxylic acids is 1. The van der Waals surface area contributed by atoms with Crippen LogP contribution in [0.5, 0.6) is 0 Å². The molecule has 4 rings (SSSR count). The second kappa shape index (κ2) is 8.35. The fourth-order valence-electron chi connectivity index (χ4n) is 3.92. The van der Waals surface area contributed by atoms with Gasteiger partial charge < -0.3 is 10.4 Å². The highest BCUT2D eigenvalue weighted by Gasteiger charge is 2.30. The van der Waals surface area contributed by atoms with Crippen LogP contribution in [0.3, 0.4) is 0 Å². The minimum absolute atomic E-state index is 0.137. The van der Waals surface area contributed by atoms with E-state index in [-0.39, 0.29) is 11.7 Å². The average Bonchev–Trinajstić information content (AvgIpc) is 2.73. The van der Waals surface area contributed by atoms with Crippen LogP contribution in [-0.2, 0) is 6.42 Å². The third-order valence-electron chi connectivity index (χ3n) is 5.48. The molecule has 1 saturated carbocycles. The molecule has 2 aromatic heterocycles. The van der Waals surface area contributed by atoms with Crippen molar-refractivity contribution in [2.45, 2.75) is 44.2 Å². The minimum atomic E-state index is -0.556. The van der Waals surface area contributed by atoms with E-state index in [0.29, 0.717) is 23.5 Å². The maximum atomic E-state index is 12.9. The second-order valence-electron chi connectivity index (χ2n) is 7.48. The Kier molecular flexibility index (Phi) is 5.65. The summed E-state index contributed by atoms with van der Waals surface area (Å²) in [5, 5.41) is 25.0. The van der Waals surface area contributed by atoms with Gasteiger partial charge in [0.1, 0.15) is 5.15 Å². The van der Waals surface area contributed by atoms with Gasteiger partial charge in [-0.25, -0.2) is 4.98 Å². The highest BCUT2D eigenvalue weighted by Crippen LogP contribution is 2.22. The molecule has 1 fully saturated rings. The van der Waals surface area contributed by atoms with Gasteiger partial charge in [-0.2, -0.15) is 0 Å². The fourth-order valence-corrected chi connectivity index (χ4v) is 4.04. The lowest BCUT2D eigenvalue weighted by Gasteiger charge is -2.27. The van der Waals surface area contributed by atoms with Crippen molar-refractivity contribution >= 4 is 28.4 Å². The lowest BCUT2D eigenvalue weighted by molar-refractivity contribution is -0.885. The SMILES string of the molecule is O=C(N[C@H]1CCCC[C@@H]1O)c1cc(Cc2ccc(Cl)nc2)c2ccccc2[n+]1O. The van der Waals surface area contributed by atoms with Crippen molar-refractivity contribution < 1.29 is 19.8 Å². The zero-order valence-corrected chi connectivity index (χ0v) is 16.6. The van der Waals surface area contributed by atoms with Crippen molar-refractivity contribution in [1.29, 1.82) is 0 Å². The van der Waals surface area contributed by atoms with Gasteiger partial charge in [-0.05, 0) is 36.1 Å². The van der Waals surface area contributed by atoms with Crippen molar-refractivity contribution in [2.75, 3.05) is 0 Å². The van der Waals surface area contributed by atoms with Crippen LogP contribution >= 0.6 is 11.6 Å². The molecule has 0 spiro atoms. The van der Waals surface area contributed by atoms with Gasteiger partial charge in [-0.15, -0.1) is 0 Å². The van der Waals surface area contributed by atoms with E-state index in [1.165, 1.54) is 0 Å². The first-order valence-corrected chi connectivity index (χ1v) is 10.2. The number of nitrogens with zero attached hydrogens (tertiary/aromatic N) is 2. The van der Waals surface area contributed by atoms with E-state index >= 15 is 0 Å². The largest absolute Gasteiger partial charge is 0.391 e. The number of rotatable bonds is 4. The smallest absolute Gasteiger partial charge is 0.322 e. The van der Waals surface area contributed by atoms with Crippen LogP contribution in [0.15, 0.2) is 48.7 Å². The van der Waals surface area contributed by atoms with Gasteiger partial charge in [0.2, 0.25) is 0 Å². The Balaban J connectivity index is 1.71. The zero-order valence-electron chi connectivity index (χ0n) is 15.9. The molecule has 2 atom stereocenters. The number of para-hydroxylation sites is 1. The number of aliphatic hydroxyl groups is 1. The number of hydrogen-bond acceptors (Lipinski definition) is 4. The number of halogens is 1. The predicted octanol–water partition coefficient (Wildman–Crippen LogP) is 3.04. The number of carbonyl (C=O) groups is 1. The standard InChI is InChI=1S/C22H22ClN3O3/c23-21-10-9-14(13-24-21)11-15-12-19(26(29)18-7-3-1-5-16(15)18)22(28)25-17-6-2-4-8-20(17)27/h1,3,5,7,9-10,12-13,17,20,27H,2,4,6,8,11H2,(H-,25,28,29)/p+1/t17-,20-/m0/s1. The number of aliphatic hydroxyl groups excluding tert-OH is 1. The lowest BCUT2D eigenvalue weighted by Crippen LogP contribution is -2.49. The molecule has 150 valence electrons. The van der Waals surface area contributed by atoms with Crippen LogP contribution in [0.4, 0.5) is 0 Å². The Bertz CT molecular complexity index is 1040. The molecule has 1 amide bonds. The normalized spacial score (nSPS) is 19.2. The van der Waals surface area contributed by atoms with Gasteiger partial charge in [0, 0.05) is 29.5 Å². The highest BCUT2D eigenvalue weighted by molar-refractivity contribution is 6.29. The first-order chi connectivity index (χ1) is 14.0. The third kappa shape index (κ3) is 4.18. The topological polar surface area (TPSA) is 86.3 Å². The van der Waals surface area contributed by atoms with Gasteiger partial charge in [0.05, 0.1) is 17.5 Å². The summed E-state index contributed by atoms with van der Waals surface area (Å²) in [7, 11) is 0. The summed E-state index contributed by atoms with van der Waals surface area (Å²) in [6.45, 7) is 0. The van der Waals surface area contributed by atoms with Crippen LogP contribution in [0.1, 0.15) is 47.3 Å². The number of pyridine rings is 2. The maximum absolute atomic E-state index is 12.9. The molecule has 2 heterocycles. The molecular weight excluding hydrogens is 390 g/mol. The minimum Gasteiger partial charge on any atom is -0.391 e. The third-order valence-corrected chi connectivity index (χ3v) is 5.70. The fraction of sp³-hybridized carbons (Fsp3) is 0.318. The Morgan fingerprint density at radius 2 is 2.00 bits per heavy atom. The average molecular weight is 413 g/mol. The molecule has 0 aliphatic heterocycles. The molecule has 3 N–H and O–H groups in total. The van der Waals surface area contributed by atoms with Crippen molar-refractivity contribution in [3.05, 3.63) is 70.6 Å². The molecule has 0 unspecified atom stereocenters. The summed E-state index contributed by atoms with van der Waals surface area (Å²) < 4.78 is 0.920. The summed E-state index contributed by atoms with van der Waals surface area (Å²) in [5.74, 6) is -0.403. The Hall–Kier alpha value is -2.70. The van der Waals surface area contributed by atoms with E-state index in [1.807, 2.05) is 24.3 Å². The molecule has 1 aliphatic rings. The van der Waals surface area contributed by atoms with Crippen LogP contribution in [0.25, 0.3) is 10.9 Å². The van der Waals surface area contributed by atoms with Crippen LogP contribution < -0.4 is 10.0 Å². The molecule has 1 aliphatic carbocycles. The van der Waals surface area contributed by atoms with E-state index in [2.05, 4.69) is 10.3 Å². The summed E-state index contributed by atoms with van der Waals surface area (Å²) in [6.07, 6.45) is 5.02. The van der Waals surface area contributed by atoms with Gasteiger partial charge in [-0.3, -0.25) is 10.0 Å². The molecule has 0 bridgehead atoms.